The van der Waals surface area contributed by atoms with E-state index in [2.05, 4.69) is 0 Å². The van der Waals surface area contributed by atoms with Gasteiger partial charge in [-0.05, 0) is 25.0 Å². The maximum atomic E-state index is 10.3. The Kier molecular flexibility index (Phi) is 4.26. The molecular formula is C13H17ClO3. The summed E-state index contributed by atoms with van der Waals surface area (Å²) in [5.41, 5.74) is 0.785. The van der Waals surface area contributed by atoms with E-state index in [0.717, 1.165) is 25.0 Å². The second-order valence-electron chi connectivity index (χ2n) is 4.31. The first kappa shape index (κ1) is 12.7. The van der Waals surface area contributed by atoms with Crippen LogP contribution in [0.4, 0.5) is 0 Å². The van der Waals surface area contributed by atoms with Crippen LogP contribution in [-0.4, -0.2) is 25.4 Å². The van der Waals surface area contributed by atoms with E-state index in [4.69, 9.17) is 21.1 Å². The zero-order valence-electron chi connectivity index (χ0n) is 9.86. The molecule has 0 saturated carbocycles. The van der Waals surface area contributed by atoms with Gasteiger partial charge in [-0.1, -0.05) is 17.7 Å². The molecule has 3 nitrogen and oxygen atoms in total. The Bertz CT molecular complexity index is 375. The Balaban J connectivity index is 2.19. The van der Waals surface area contributed by atoms with Crippen molar-refractivity contribution in [3.8, 4) is 5.75 Å². The van der Waals surface area contributed by atoms with Crippen LogP contribution < -0.4 is 4.74 Å². The van der Waals surface area contributed by atoms with E-state index in [1.165, 1.54) is 0 Å². The van der Waals surface area contributed by atoms with Crippen LogP contribution in [0.5, 0.6) is 5.75 Å². The minimum atomic E-state index is -0.553. The number of hydrogen-bond acceptors (Lipinski definition) is 3. The lowest BCUT2D eigenvalue weighted by molar-refractivity contribution is -0.0107. The van der Waals surface area contributed by atoms with Crippen LogP contribution in [-0.2, 0) is 4.74 Å². The van der Waals surface area contributed by atoms with E-state index in [1.54, 1.807) is 19.2 Å². The zero-order valence-corrected chi connectivity index (χ0v) is 10.6. The van der Waals surface area contributed by atoms with Crippen LogP contribution in [0.25, 0.3) is 0 Å². The highest BCUT2D eigenvalue weighted by Gasteiger charge is 2.26. The van der Waals surface area contributed by atoms with Gasteiger partial charge in [0.2, 0.25) is 0 Å². The molecule has 17 heavy (non-hydrogen) atoms. The molecule has 4 heteroatoms. The lowest BCUT2D eigenvalue weighted by Crippen LogP contribution is -2.24. The van der Waals surface area contributed by atoms with Crippen molar-refractivity contribution in [3.05, 3.63) is 28.8 Å². The minimum absolute atomic E-state index is 0.138. The predicted octanol–water partition coefficient (Wildman–Crippen LogP) is 2.81. The Labute approximate surface area is 106 Å². The van der Waals surface area contributed by atoms with Crippen molar-refractivity contribution in [3.63, 3.8) is 0 Å². The number of hydrogen-bond donors (Lipinski definition) is 1. The average molecular weight is 257 g/mol. The molecular weight excluding hydrogens is 240 g/mol. The second kappa shape index (κ2) is 5.71. The topological polar surface area (TPSA) is 38.7 Å². The molecule has 0 spiro atoms. The molecule has 1 aromatic rings. The lowest BCUT2D eigenvalue weighted by atomic mass is 9.90. The maximum Gasteiger partial charge on any atom is 0.126 e. The lowest BCUT2D eigenvalue weighted by Gasteiger charge is -2.27. The number of rotatable bonds is 3. The van der Waals surface area contributed by atoms with Gasteiger partial charge in [0.15, 0.2) is 0 Å². The Morgan fingerprint density at radius 1 is 1.53 bits per heavy atom. The third-order valence-corrected chi connectivity index (χ3v) is 3.39. The van der Waals surface area contributed by atoms with E-state index in [9.17, 15) is 5.11 Å². The van der Waals surface area contributed by atoms with Crippen molar-refractivity contribution in [2.24, 2.45) is 5.92 Å². The monoisotopic (exact) mass is 256 g/mol. The number of benzene rings is 1. The van der Waals surface area contributed by atoms with E-state index in [1.807, 2.05) is 6.07 Å². The normalized spacial score (nSPS) is 22.2. The predicted molar refractivity (Wildman–Crippen MR) is 66.5 cm³/mol. The fourth-order valence-corrected chi connectivity index (χ4v) is 2.36. The van der Waals surface area contributed by atoms with E-state index in [0.29, 0.717) is 17.4 Å². The quantitative estimate of drug-likeness (QED) is 0.904. The smallest absolute Gasteiger partial charge is 0.126 e. The van der Waals surface area contributed by atoms with Crippen molar-refractivity contribution in [1.82, 2.24) is 0 Å². The molecule has 0 aromatic heterocycles. The minimum Gasteiger partial charge on any atom is -0.496 e. The van der Waals surface area contributed by atoms with E-state index >= 15 is 0 Å². The average Bonchev–Trinajstić information content (AvgIpc) is 2.39. The second-order valence-corrected chi connectivity index (χ2v) is 4.74. The molecule has 1 aromatic carbocycles. The summed E-state index contributed by atoms with van der Waals surface area (Å²) in [5, 5.41) is 11.0. The maximum absolute atomic E-state index is 10.3. The number of aliphatic hydroxyl groups is 1. The molecule has 0 radical (unpaired) electrons. The van der Waals surface area contributed by atoms with Crippen molar-refractivity contribution >= 4 is 11.6 Å². The SMILES string of the molecule is COc1cc(Cl)ccc1C(O)C1CCCOC1. The summed E-state index contributed by atoms with van der Waals surface area (Å²) in [6, 6.07) is 5.32. The molecule has 1 aliphatic rings. The van der Waals surface area contributed by atoms with Crippen LogP contribution >= 0.6 is 11.6 Å². The van der Waals surface area contributed by atoms with Gasteiger partial charge in [-0.3, -0.25) is 0 Å². The number of halogens is 1. The Hall–Kier alpha value is -0.770. The molecule has 2 unspecified atom stereocenters. The van der Waals surface area contributed by atoms with Crippen molar-refractivity contribution < 1.29 is 14.6 Å². The first-order valence-corrected chi connectivity index (χ1v) is 6.19. The summed E-state index contributed by atoms with van der Waals surface area (Å²) in [6.45, 7) is 1.40. The highest BCUT2D eigenvalue weighted by atomic mass is 35.5. The Morgan fingerprint density at radius 2 is 2.35 bits per heavy atom. The molecule has 94 valence electrons. The summed E-state index contributed by atoms with van der Waals surface area (Å²) >= 11 is 5.90. The van der Waals surface area contributed by atoms with Crippen molar-refractivity contribution in [2.45, 2.75) is 18.9 Å². The van der Waals surface area contributed by atoms with Crippen LogP contribution in [0.3, 0.4) is 0 Å². The number of ether oxygens (including phenoxy) is 2. The van der Waals surface area contributed by atoms with Crippen LogP contribution in [0.15, 0.2) is 18.2 Å². The van der Waals surface area contributed by atoms with Crippen molar-refractivity contribution in [2.75, 3.05) is 20.3 Å². The summed E-state index contributed by atoms with van der Waals surface area (Å²) in [4.78, 5) is 0. The molecule has 1 fully saturated rings. The molecule has 2 rings (SSSR count). The van der Waals surface area contributed by atoms with Gasteiger partial charge >= 0.3 is 0 Å². The summed E-state index contributed by atoms with van der Waals surface area (Å²) in [7, 11) is 1.58. The first-order chi connectivity index (χ1) is 8.22. The van der Waals surface area contributed by atoms with Crippen LogP contribution in [0.2, 0.25) is 5.02 Å². The van der Waals surface area contributed by atoms with Gasteiger partial charge in [-0.2, -0.15) is 0 Å². The van der Waals surface area contributed by atoms with Crippen LogP contribution in [0, 0.1) is 5.92 Å². The largest absolute Gasteiger partial charge is 0.496 e. The zero-order chi connectivity index (χ0) is 12.3. The van der Waals surface area contributed by atoms with Crippen LogP contribution in [0.1, 0.15) is 24.5 Å². The molecule has 1 aliphatic heterocycles. The van der Waals surface area contributed by atoms with Crippen molar-refractivity contribution in [1.29, 1.82) is 0 Å². The standard InChI is InChI=1S/C13H17ClO3/c1-16-12-7-10(14)4-5-11(12)13(15)9-3-2-6-17-8-9/h4-5,7,9,13,15H,2-3,6,8H2,1H3. The molecule has 0 amide bonds. The molecule has 0 aliphatic carbocycles. The van der Waals surface area contributed by atoms with Gasteiger partial charge in [0.05, 0.1) is 19.8 Å². The summed E-state index contributed by atoms with van der Waals surface area (Å²) < 4.78 is 10.6. The molecule has 0 bridgehead atoms. The third-order valence-electron chi connectivity index (χ3n) is 3.16. The Morgan fingerprint density at radius 3 is 3.00 bits per heavy atom. The first-order valence-electron chi connectivity index (χ1n) is 5.81. The van der Waals surface area contributed by atoms with Gasteiger partial charge in [0.1, 0.15) is 5.75 Å². The number of aliphatic hydroxyl groups excluding tert-OH is 1. The highest BCUT2D eigenvalue weighted by molar-refractivity contribution is 6.30. The van der Waals surface area contributed by atoms with Gasteiger partial charge in [0.25, 0.3) is 0 Å². The molecule has 1 N–H and O–H groups in total. The third kappa shape index (κ3) is 2.92. The molecule has 1 saturated heterocycles. The van der Waals surface area contributed by atoms with Gasteiger partial charge in [-0.25, -0.2) is 0 Å². The van der Waals surface area contributed by atoms with E-state index in [-0.39, 0.29) is 5.92 Å². The van der Waals surface area contributed by atoms with Gasteiger partial charge in [0, 0.05) is 23.1 Å². The fraction of sp³-hybridized carbons (Fsp3) is 0.538. The summed E-state index contributed by atoms with van der Waals surface area (Å²) in [6.07, 6.45) is 1.42. The molecule has 2 atom stereocenters. The number of methoxy groups -OCH3 is 1. The highest BCUT2D eigenvalue weighted by Crippen LogP contribution is 2.35. The van der Waals surface area contributed by atoms with E-state index < -0.39 is 6.10 Å². The summed E-state index contributed by atoms with van der Waals surface area (Å²) in [5.74, 6) is 0.773. The molecule has 1 heterocycles. The van der Waals surface area contributed by atoms with Gasteiger partial charge < -0.3 is 14.6 Å². The van der Waals surface area contributed by atoms with Gasteiger partial charge in [-0.15, -0.1) is 0 Å². The fourth-order valence-electron chi connectivity index (χ4n) is 2.20.